The first-order chi connectivity index (χ1) is 16.0. The molecule has 1 N–H and O–H groups in total. The highest BCUT2D eigenvalue weighted by atomic mass is 32.2. The van der Waals surface area contributed by atoms with E-state index in [4.69, 9.17) is 4.74 Å². The number of carbonyl (C=O) groups excluding carboxylic acids is 1. The largest absolute Gasteiger partial charge is 0.465 e. The maximum absolute atomic E-state index is 13.7. The topological polar surface area (TPSA) is 110 Å². The molecule has 1 aliphatic heterocycles. The second-order valence-electron chi connectivity index (χ2n) is 8.74. The van der Waals surface area contributed by atoms with Crippen molar-refractivity contribution in [3.8, 4) is 0 Å². The van der Waals surface area contributed by atoms with Crippen molar-refractivity contribution < 1.29 is 30.8 Å². The Morgan fingerprint density at radius 1 is 1.03 bits per heavy atom. The van der Waals surface area contributed by atoms with Gasteiger partial charge in [0.1, 0.15) is 6.17 Å². The van der Waals surface area contributed by atoms with Gasteiger partial charge in [0, 0.05) is 19.3 Å². The van der Waals surface area contributed by atoms with Crippen molar-refractivity contribution >= 4 is 37.2 Å². The molecule has 8 nitrogen and oxygen atoms in total. The number of benzene rings is 2. The summed E-state index contributed by atoms with van der Waals surface area (Å²) in [6.45, 7) is 0.749. The van der Waals surface area contributed by atoms with Crippen LogP contribution in [0.4, 0.5) is 15.8 Å². The molecule has 0 amide bonds. The summed E-state index contributed by atoms with van der Waals surface area (Å²) >= 11 is 0. The number of alkyl halides is 1. The van der Waals surface area contributed by atoms with Crippen LogP contribution in [0.3, 0.4) is 0 Å². The van der Waals surface area contributed by atoms with Gasteiger partial charge >= 0.3 is 5.97 Å². The number of ether oxygens (including phenoxy) is 1. The van der Waals surface area contributed by atoms with Crippen molar-refractivity contribution in [3.05, 3.63) is 47.5 Å². The molecule has 2 aliphatic rings. The van der Waals surface area contributed by atoms with Crippen LogP contribution in [0.25, 0.3) is 0 Å². The molecule has 4 rings (SSSR count). The number of nitrogens with one attached hydrogen (secondary N) is 1. The Balaban J connectivity index is 1.78. The van der Waals surface area contributed by atoms with Gasteiger partial charge in [-0.05, 0) is 67.5 Å². The number of sulfonamides is 1. The number of carbonyl (C=O) groups is 1. The lowest BCUT2D eigenvalue weighted by atomic mass is 10.1. The summed E-state index contributed by atoms with van der Waals surface area (Å²) < 4.78 is 72.5. The van der Waals surface area contributed by atoms with E-state index >= 15 is 0 Å². The van der Waals surface area contributed by atoms with Crippen LogP contribution in [-0.4, -0.2) is 55.4 Å². The van der Waals surface area contributed by atoms with Crippen LogP contribution >= 0.6 is 0 Å². The highest BCUT2D eigenvalue weighted by molar-refractivity contribution is 7.92. The van der Waals surface area contributed by atoms with Crippen molar-refractivity contribution in [1.29, 1.82) is 0 Å². The smallest absolute Gasteiger partial charge is 0.337 e. The van der Waals surface area contributed by atoms with Gasteiger partial charge in [0.15, 0.2) is 9.84 Å². The number of esters is 1. The summed E-state index contributed by atoms with van der Waals surface area (Å²) in [5.74, 6) is -0.587. The zero-order valence-electron chi connectivity index (χ0n) is 19.0. The maximum Gasteiger partial charge on any atom is 0.337 e. The molecule has 0 spiro atoms. The van der Waals surface area contributed by atoms with E-state index in [2.05, 4.69) is 4.72 Å². The Bertz CT molecular complexity index is 1310. The van der Waals surface area contributed by atoms with Crippen LogP contribution in [0.5, 0.6) is 0 Å². The lowest BCUT2D eigenvalue weighted by Gasteiger charge is -2.32. The molecular weight excluding hydrogens is 483 g/mol. The number of halogens is 1. The molecule has 184 valence electrons. The predicted molar refractivity (Wildman–Crippen MR) is 126 cm³/mol. The van der Waals surface area contributed by atoms with Crippen LogP contribution in [-0.2, 0) is 24.6 Å². The molecule has 0 unspecified atom stereocenters. The number of hydrogen-bond acceptors (Lipinski definition) is 7. The third-order valence-corrected chi connectivity index (χ3v) is 8.68. The Morgan fingerprint density at radius 3 is 2.29 bits per heavy atom. The second-order valence-corrected chi connectivity index (χ2v) is 12.4. The fourth-order valence-electron chi connectivity index (χ4n) is 4.14. The Morgan fingerprint density at radius 2 is 1.71 bits per heavy atom. The predicted octanol–water partition coefficient (Wildman–Crippen LogP) is 3.49. The molecule has 0 aromatic heterocycles. The van der Waals surface area contributed by atoms with Crippen molar-refractivity contribution in [3.63, 3.8) is 0 Å². The SMILES string of the molecule is COC(=O)c1ccc(C2CC2)c(S(=O)(=O)Nc2cc(S(C)(=O)=O)ccc2N2CCC(F)CC2)c1. The fraction of sp³-hybridized carbons (Fsp3) is 0.435. The minimum atomic E-state index is -4.20. The van der Waals surface area contributed by atoms with Gasteiger partial charge in [-0.15, -0.1) is 0 Å². The Labute approximate surface area is 199 Å². The molecule has 1 heterocycles. The number of anilines is 2. The van der Waals surface area contributed by atoms with Gasteiger partial charge in [-0.2, -0.15) is 0 Å². The van der Waals surface area contributed by atoms with Gasteiger partial charge in [0.2, 0.25) is 0 Å². The lowest BCUT2D eigenvalue weighted by Crippen LogP contribution is -2.35. The van der Waals surface area contributed by atoms with E-state index in [1.165, 1.54) is 31.4 Å². The van der Waals surface area contributed by atoms with E-state index in [1.54, 1.807) is 12.1 Å². The number of rotatable bonds is 7. The minimum absolute atomic E-state index is 0.0416. The average molecular weight is 511 g/mol. The summed E-state index contributed by atoms with van der Waals surface area (Å²) in [6, 6.07) is 8.69. The monoisotopic (exact) mass is 510 g/mol. The first-order valence-corrected chi connectivity index (χ1v) is 14.4. The third kappa shape index (κ3) is 5.20. The van der Waals surface area contributed by atoms with E-state index < -0.39 is 32.0 Å². The Hall–Kier alpha value is -2.66. The van der Waals surface area contributed by atoms with Gasteiger partial charge in [0.25, 0.3) is 10.0 Å². The van der Waals surface area contributed by atoms with E-state index in [0.717, 1.165) is 19.1 Å². The van der Waals surface area contributed by atoms with Crippen LogP contribution in [0.1, 0.15) is 47.5 Å². The molecule has 0 bridgehead atoms. The van der Waals surface area contributed by atoms with E-state index in [9.17, 15) is 26.0 Å². The summed E-state index contributed by atoms with van der Waals surface area (Å²) in [5.41, 5.74) is 1.26. The standard InChI is InChI=1S/C23H27FN2O6S2/c1-32-23(27)16-5-7-19(15-3-4-15)22(13-16)34(30,31)25-20-14-18(33(2,28)29)6-8-21(20)26-11-9-17(24)10-12-26/h5-8,13-15,17,25H,3-4,9-12H2,1-2H3. The van der Waals surface area contributed by atoms with E-state index in [-0.39, 0.29) is 27.0 Å². The fourth-order valence-corrected chi connectivity index (χ4v) is 6.17. The molecule has 0 radical (unpaired) electrons. The summed E-state index contributed by atoms with van der Waals surface area (Å²) in [5, 5.41) is 0. The molecule has 1 aliphatic carbocycles. The lowest BCUT2D eigenvalue weighted by molar-refractivity contribution is 0.0600. The highest BCUT2D eigenvalue weighted by Crippen LogP contribution is 2.44. The van der Waals surface area contributed by atoms with Crippen LogP contribution < -0.4 is 9.62 Å². The van der Waals surface area contributed by atoms with Crippen molar-refractivity contribution in [1.82, 2.24) is 0 Å². The molecule has 2 aromatic carbocycles. The van der Waals surface area contributed by atoms with Gasteiger partial charge in [-0.3, -0.25) is 4.72 Å². The quantitative estimate of drug-likeness (QED) is 0.568. The number of methoxy groups -OCH3 is 1. The highest BCUT2D eigenvalue weighted by Gasteiger charge is 2.32. The molecular formula is C23H27FN2O6S2. The minimum Gasteiger partial charge on any atom is -0.465 e. The zero-order chi connectivity index (χ0) is 24.7. The van der Waals surface area contributed by atoms with Gasteiger partial charge in [-0.25, -0.2) is 26.0 Å². The van der Waals surface area contributed by atoms with Crippen molar-refractivity contribution in [2.45, 2.75) is 47.6 Å². The molecule has 1 saturated heterocycles. The van der Waals surface area contributed by atoms with Gasteiger partial charge in [-0.1, -0.05) is 6.07 Å². The first-order valence-electron chi connectivity index (χ1n) is 11.0. The van der Waals surface area contributed by atoms with Crippen LogP contribution in [0.15, 0.2) is 46.2 Å². The number of sulfone groups is 1. The summed E-state index contributed by atoms with van der Waals surface area (Å²) in [4.78, 5) is 13.8. The van der Waals surface area contributed by atoms with Gasteiger partial charge < -0.3 is 9.64 Å². The van der Waals surface area contributed by atoms with Crippen molar-refractivity contribution in [2.24, 2.45) is 0 Å². The number of nitrogens with zero attached hydrogens (tertiary/aromatic N) is 1. The van der Waals surface area contributed by atoms with Crippen molar-refractivity contribution in [2.75, 3.05) is 36.1 Å². The molecule has 11 heteroatoms. The number of piperidine rings is 1. The molecule has 2 fully saturated rings. The number of hydrogen-bond donors (Lipinski definition) is 1. The molecule has 34 heavy (non-hydrogen) atoms. The zero-order valence-corrected chi connectivity index (χ0v) is 20.6. The summed E-state index contributed by atoms with van der Waals surface area (Å²) in [7, 11) is -6.59. The third-order valence-electron chi connectivity index (χ3n) is 6.15. The molecule has 0 atom stereocenters. The van der Waals surface area contributed by atoms with Crippen LogP contribution in [0.2, 0.25) is 0 Å². The van der Waals surface area contributed by atoms with Gasteiger partial charge in [0.05, 0.1) is 33.8 Å². The maximum atomic E-state index is 13.7. The molecule has 1 saturated carbocycles. The second kappa shape index (κ2) is 9.18. The van der Waals surface area contributed by atoms with Crippen LogP contribution in [0, 0.1) is 0 Å². The normalized spacial score (nSPS) is 17.4. The van der Waals surface area contributed by atoms with E-state index in [0.29, 0.717) is 37.2 Å². The molecule has 2 aromatic rings. The van der Waals surface area contributed by atoms with E-state index in [1.807, 2.05) is 4.90 Å². The first kappa shape index (κ1) is 24.5. The summed E-state index contributed by atoms with van der Waals surface area (Å²) in [6.07, 6.45) is 2.40. The Kier molecular flexibility index (Phi) is 6.61. The average Bonchev–Trinajstić information content (AvgIpc) is 3.63.